The lowest BCUT2D eigenvalue weighted by Crippen LogP contribution is -2.15. The average Bonchev–Trinajstić information content (AvgIpc) is 2.54. The molecule has 134 valence electrons. The number of carboxylic acids is 1. The molecule has 0 amide bonds. The van der Waals surface area contributed by atoms with E-state index in [1.165, 1.54) is 32.1 Å². The molecule has 1 unspecified atom stereocenters. The van der Waals surface area contributed by atoms with Gasteiger partial charge in [0.05, 0.1) is 5.92 Å². The average molecular weight is 325 g/mol. The van der Waals surface area contributed by atoms with Crippen molar-refractivity contribution >= 4 is 5.97 Å². The fraction of sp³-hybridized carbons (Fsp3) is 0.750. The van der Waals surface area contributed by atoms with Gasteiger partial charge in [0, 0.05) is 6.61 Å². The van der Waals surface area contributed by atoms with E-state index in [9.17, 15) is 4.79 Å². The summed E-state index contributed by atoms with van der Waals surface area (Å²) in [5.41, 5.74) is 0. The largest absolute Gasteiger partial charge is 0.481 e. The lowest BCUT2D eigenvalue weighted by Gasteiger charge is -2.09. The molecule has 0 radical (unpaired) electrons. The van der Waals surface area contributed by atoms with Gasteiger partial charge in [-0.2, -0.15) is 0 Å². The molecule has 1 atom stereocenters. The summed E-state index contributed by atoms with van der Waals surface area (Å²) in [6.45, 7) is 2.20. The second-order valence-electron chi connectivity index (χ2n) is 6.21. The number of hydrogen-bond acceptors (Lipinski definition) is 2. The third-order valence-electron chi connectivity index (χ3n) is 4.08. The first-order valence-electron chi connectivity index (χ1n) is 9.36. The van der Waals surface area contributed by atoms with E-state index in [-0.39, 0.29) is 12.5 Å². The van der Waals surface area contributed by atoms with Crippen LogP contribution < -0.4 is 0 Å². The van der Waals surface area contributed by atoms with Crippen molar-refractivity contribution in [2.75, 3.05) is 6.61 Å². The van der Waals surface area contributed by atoms with Crippen LogP contribution in [0, 0.1) is 5.92 Å². The maximum Gasteiger partial charge on any atom is 0.306 e. The van der Waals surface area contributed by atoms with Gasteiger partial charge in [0.25, 0.3) is 0 Å². The van der Waals surface area contributed by atoms with Crippen LogP contribution in [0.25, 0.3) is 0 Å². The van der Waals surface area contributed by atoms with Crippen molar-refractivity contribution in [2.45, 2.75) is 84.0 Å². The van der Waals surface area contributed by atoms with Gasteiger partial charge in [-0.15, -0.1) is 0 Å². The second kappa shape index (κ2) is 17.3. The lowest BCUT2D eigenvalue weighted by molar-refractivity contribution is -0.142. The summed E-state index contributed by atoms with van der Waals surface area (Å²) in [5.74, 6) is -1.14. The molecular formula is C20H36O3. The molecule has 0 aliphatic rings. The minimum Gasteiger partial charge on any atom is -0.481 e. The normalized spacial score (nSPS) is 13.1. The topological polar surface area (TPSA) is 57.5 Å². The number of aliphatic carboxylic acids is 1. The van der Waals surface area contributed by atoms with Crippen molar-refractivity contribution in [3.8, 4) is 0 Å². The Morgan fingerprint density at radius 3 is 2.04 bits per heavy atom. The molecule has 0 aromatic rings. The zero-order valence-corrected chi connectivity index (χ0v) is 14.9. The molecule has 23 heavy (non-hydrogen) atoms. The summed E-state index contributed by atoms with van der Waals surface area (Å²) in [6, 6.07) is 0. The standard InChI is InChI=1S/C20H36O3/c1-2-3-4-5-6-7-8-9-10-11-12-13-14-15-16-19(17-18-21)20(22)23/h6-7,9-10,19,21H,2-5,8,11-18H2,1H3,(H,22,23)/b7-6-,10-9-. The van der Waals surface area contributed by atoms with Crippen LogP contribution in [0.5, 0.6) is 0 Å². The molecule has 0 aromatic carbocycles. The Labute approximate surface area is 142 Å². The SMILES string of the molecule is CCCCC/C=C\C/C=C\CCCCCCC(CCO)C(=O)O. The van der Waals surface area contributed by atoms with Gasteiger partial charge in [-0.25, -0.2) is 0 Å². The van der Waals surface area contributed by atoms with E-state index in [0.29, 0.717) is 12.8 Å². The molecular weight excluding hydrogens is 288 g/mol. The summed E-state index contributed by atoms with van der Waals surface area (Å²) < 4.78 is 0. The molecule has 0 saturated carbocycles. The molecule has 0 aliphatic carbocycles. The quantitative estimate of drug-likeness (QED) is 0.291. The molecule has 0 rings (SSSR count). The first-order valence-corrected chi connectivity index (χ1v) is 9.36. The number of carbonyl (C=O) groups is 1. The Kier molecular flexibility index (Phi) is 16.4. The Balaban J connectivity index is 3.41. The van der Waals surface area contributed by atoms with E-state index < -0.39 is 5.97 Å². The predicted octanol–water partition coefficient (Wildman–Crippen LogP) is 5.49. The van der Waals surface area contributed by atoms with Crippen molar-refractivity contribution in [1.82, 2.24) is 0 Å². The van der Waals surface area contributed by atoms with Gasteiger partial charge >= 0.3 is 5.97 Å². The van der Waals surface area contributed by atoms with Crippen LogP contribution >= 0.6 is 0 Å². The van der Waals surface area contributed by atoms with Crippen molar-refractivity contribution < 1.29 is 15.0 Å². The fourth-order valence-electron chi connectivity index (χ4n) is 2.57. The third kappa shape index (κ3) is 15.6. The highest BCUT2D eigenvalue weighted by Crippen LogP contribution is 2.15. The second-order valence-corrected chi connectivity index (χ2v) is 6.21. The number of carboxylic acid groups (broad SMARTS) is 1. The number of hydrogen-bond donors (Lipinski definition) is 2. The molecule has 0 aliphatic heterocycles. The van der Waals surface area contributed by atoms with Crippen molar-refractivity contribution in [3.63, 3.8) is 0 Å². The van der Waals surface area contributed by atoms with Crippen molar-refractivity contribution in [2.24, 2.45) is 5.92 Å². The Bertz CT molecular complexity index is 321. The van der Waals surface area contributed by atoms with Crippen molar-refractivity contribution in [1.29, 1.82) is 0 Å². The summed E-state index contributed by atoms with van der Waals surface area (Å²) in [5, 5.41) is 17.8. The molecule has 3 heteroatoms. The summed E-state index contributed by atoms with van der Waals surface area (Å²) in [4.78, 5) is 10.9. The molecule has 0 aromatic heterocycles. The Morgan fingerprint density at radius 2 is 1.48 bits per heavy atom. The molecule has 0 bridgehead atoms. The third-order valence-corrected chi connectivity index (χ3v) is 4.08. The van der Waals surface area contributed by atoms with E-state index in [2.05, 4.69) is 31.2 Å². The van der Waals surface area contributed by atoms with E-state index in [1.807, 2.05) is 0 Å². The molecule has 0 fully saturated rings. The van der Waals surface area contributed by atoms with Crippen molar-refractivity contribution in [3.05, 3.63) is 24.3 Å². The van der Waals surface area contributed by atoms with E-state index in [4.69, 9.17) is 10.2 Å². The Hall–Kier alpha value is -1.09. The van der Waals surface area contributed by atoms with Crippen LogP contribution in [0.3, 0.4) is 0 Å². The molecule has 3 nitrogen and oxygen atoms in total. The molecule has 0 saturated heterocycles. The summed E-state index contributed by atoms with van der Waals surface area (Å²) >= 11 is 0. The fourth-order valence-corrected chi connectivity index (χ4v) is 2.57. The maximum absolute atomic E-state index is 10.9. The Morgan fingerprint density at radius 1 is 0.870 bits per heavy atom. The van der Waals surface area contributed by atoms with E-state index in [0.717, 1.165) is 32.1 Å². The first kappa shape index (κ1) is 21.9. The summed E-state index contributed by atoms with van der Waals surface area (Å²) in [6.07, 6.45) is 21.7. The number of rotatable bonds is 16. The van der Waals surface area contributed by atoms with Gasteiger partial charge in [0.15, 0.2) is 0 Å². The smallest absolute Gasteiger partial charge is 0.306 e. The minimum absolute atomic E-state index is 0.0329. The van der Waals surface area contributed by atoms with Gasteiger partial charge in [0.1, 0.15) is 0 Å². The number of unbranched alkanes of at least 4 members (excludes halogenated alkanes) is 7. The highest BCUT2D eigenvalue weighted by Gasteiger charge is 2.15. The first-order chi connectivity index (χ1) is 11.2. The van der Waals surface area contributed by atoms with Gasteiger partial charge in [0.2, 0.25) is 0 Å². The van der Waals surface area contributed by atoms with E-state index >= 15 is 0 Å². The number of allylic oxidation sites excluding steroid dienone is 4. The molecule has 2 N–H and O–H groups in total. The molecule has 0 spiro atoms. The highest BCUT2D eigenvalue weighted by atomic mass is 16.4. The van der Waals surface area contributed by atoms with Gasteiger partial charge < -0.3 is 10.2 Å². The lowest BCUT2D eigenvalue weighted by atomic mass is 9.98. The minimum atomic E-state index is -0.773. The zero-order valence-electron chi connectivity index (χ0n) is 14.9. The van der Waals surface area contributed by atoms with Crippen LogP contribution in [-0.4, -0.2) is 22.8 Å². The number of aliphatic hydroxyl groups is 1. The van der Waals surface area contributed by atoms with Crippen LogP contribution in [0.4, 0.5) is 0 Å². The van der Waals surface area contributed by atoms with E-state index in [1.54, 1.807) is 0 Å². The monoisotopic (exact) mass is 324 g/mol. The van der Waals surface area contributed by atoms with Gasteiger partial charge in [-0.3, -0.25) is 4.79 Å². The zero-order chi connectivity index (χ0) is 17.2. The van der Waals surface area contributed by atoms with Crippen LogP contribution in [0.1, 0.15) is 84.0 Å². The highest BCUT2D eigenvalue weighted by molar-refractivity contribution is 5.69. The maximum atomic E-state index is 10.9. The molecule has 0 heterocycles. The van der Waals surface area contributed by atoms with Crippen LogP contribution in [0.15, 0.2) is 24.3 Å². The van der Waals surface area contributed by atoms with Crippen LogP contribution in [-0.2, 0) is 4.79 Å². The summed E-state index contributed by atoms with van der Waals surface area (Å²) in [7, 11) is 0. The predicted molar refractivity (Wildman–Crippen MR) is 97.6 cm³/mol. The van der Waals surface area contributed by atoms with Gasteiger partial charge in [-0.1, -0.05) is 63.3 Å². The van der Waals surface area contributed by atoms with Crippen LogP contribution in [0.2, 0.25) is 0 Å². The number of aliphatic hydroxyl groups excluding tert-OH is 1. The van der Waals surface area contributed by atoms with Gasteiger partial charge in [-0.05, 0) is 44.9 Å².